The molecule has 2 amide bonds. The summed E-state index contributed by atoms with van der Waals surface area (Å²) in [6.07, 6.45) is 2.31. The Kier molecular flexibility index (Phi) is 6.94. The zero-order valence-corrected chi connectivity index (χ0v) is 17.0. The molecule has 0 aliphatic carbocycles. The van der Waals surface area contributed by atoms with Crippen LogP contribution in [0.5, 0.6) is 0 Å². The number of ketones is 1. The van der Waals surface area contributed by atoms with E-state index in [0.717, 1.165) is 24.0 Å². The quantitative estimate of drug-likeness (QED) is 0.526. The number of benzene rings is 2. The number of amides is 2. The van der Waals surface area contributed by atoms with Crippen molar-refractivity contribution in [2.45, 2.75) is 45.2 Å². The monoisotopic (exact) mass is 393 g/mol. The van der Waals surface area contributed by atoms with Crippen LogP contribution in [0.3, 0.4) is 0 Å². The molecule has 0 radical (unpaired) electrons. The van der Waals surface area contributed by atoms with Crippen LogP contribution in [-0.2, 0) is 27.3 Å². The van der Waals surface area contributed by atoms with Crippen LogP contribution in [-0.4, -0.2) is 41.2 Å². The molecule has 2 aromatic rings. The smallest absolute Gasteiger partial charge is 0.314 e. The van der Waals surface area contributed by atoms with Gasteiger partial charge in [0.2, 0.25) is 0 Å². The third-order valence-electron chi connectivity index (χ3n) is 5.68. The minimum atomic E-state index is -0.718. The molecule has 1 N–H and O–H groups in total. The Morgan fingerprint density at radius 2 is 1.62 bits per heavy atom. The van der Waals surface area contributed by atoms with Crippen LogP contribution in [0.25, 0.3) is 0 Å². The van der Waals surface area contributed by atoms with E-state index in [9.17, 15) is 14.4 Å². The van der Waals surface area contributed by atoms with Gasteiger partial charge in [0.05, 0.1) is 13.0 Å². The number of nitrogens with one attached hydrogen (secondary N) is 1. The molecule has 1 heterocycles. The number of carbonyl (C=O) groups is 3. The lowest BCUT2D eigenvalue weighted by molar-refractivity contribution is -0.875. The first-order valence-electron chi connectivity index (χ1n) is 10.4. The standard InChI is InChI=1S/C24H28N2O3/c1-2-15-25-24(29)23(28)21(17-19-10-5-3-6-11-19)26(16-9-14-22(26)27)18-20-12-7-4-8-13-20/h3-8,10-13,21H,2,9,14-18H2,1H3/p+1. The van der Waals surface area contributed by atoms with Crippen LogP contribution < -0.4 is 5.32 Å². The Morgan fingerprint density at radius 3 is 2.17 bits per heavy atom. The lowest BCUT2D eigenvalue weighted by atomic mass is 9.96. The summed E-state index contributed by atoms with van der Waals surface area (Å²) in [4.78, 5) is 39.1. The number of hydrogen-bond acceptors (Lipinski definition) is 3. The molecular weight excluding hydrogens is 364 g/mol. The summed E-state index contributed by atoms with van der Waals surface area (Å²) in [6.45, 7) is 3.41. The first-order chi connectivity index (χ1) is 14.1. The summed E-state index contributed by atoms with van der Waals surface area (Å²) < 4.78 is 0.0251. The number of Topliss-reactive ketones (excluding diaryl/α,β-unsaturated/α-hetero) is 1. The lowest BCUT2D eigenvalue weighted by Gasteiger charge is -2.38. The number of rotatable bonds is 9. The van der Waals surface area contributed by atoms with Gasteiger partial charge < -0.3 is 5.32 Å². The van der Waals surface area contributed by atoms with E-state index < -0.39 is 17.7 Å². The largest absolute Gasteiger partial charge is 0.349 e. The van der Waals surface area contributed by atoms with Crippen molar-refractivity contribution in [1.82, 2.24) is 5.32 Å². The van der Waals surface area contributed by atoms with Crippen LogP contribution in [0.15, 0.2) is 60.7 Å². The third kappa shape index (κ3) is 4.80. The molecule has 5 heteroatoms. The van der Waals surface area contributed by atoms with Crippen LogP contribution >= 0.6 is 0 Å². The molecule has 0 bridgehead atoms. The highest BCUT2D eigenvalue weighted by molar-refractivity contribution is 6.38. The van der Waals surface area contributed by atoms with Gasteiger partial charge in [-0.05, 0) is 12.0 Å². The molecular formula is C24H29N2O3+. The fourth-order valence-corrected chi connectivity index (χ4v) is 4.18. The fourth-order valence-electron chi connectivity index (χ4n) is 4.18. The molecule has 152 valence electrons. The van der Waals surface area contributed by atoms with Gasteiger partial charge >= 0.3 is 5.91 Å². The molecule has 5 nitrogen and oxygen atoms in total. The van der Waals surface area contributed by atoms with Crippen molar-refractivity contribution in [3.63, 3.8) is 0 Å². The SMILES string of the molecule is CCCNC(=O)C(=O)C(Cc1ccccc1)[N+]1(Cc2ccccc2)CCCC1=O. The second-order valence-corrected chi connectivity index (χ2v) is 7.72. The molecule has 3 rings (SSSR count). The second kappa shape index (κ2) is 9.61. The van der Waals surface area contributed by atoms with Gasteiger partial charge in [0.25, 0.3) is 11.7 Å². The maximum absolute atomic E-state index is 13.3. The van der Waals surface area contributed by atoms with Crippen molar-refractivity contribution in [2.75, 3.05) is 13.1 Å². The minimum Gasteiger partial charge on any atom is -0.349 e. The van der Waals surface area contributed by atoms with Crippen molar-refractivity contribution < 1.29 is 18.9 Å². The highest BCUT2D eigenvalue weighted by atomic mass is 16.2. The first-order valence-corrected chi connectivity index (χ1v) is 10.4. The minimum absolute atomic E-state index is 0.0251. The molecule has 0 aromatic heterocycles. The van der Waals surface area contributed by atoms with Gasteiger partial charge in [-0.3, -0.25) is 9.59 Å². The first kappa shape index (κ1) is 20.9. The Bertz CT molecular complexity index is 851. The maximum Gasteiger partial charge on any atom is 0.314 e. The molecule has 1 fully saturated rings. The van der Waals surface area contributed by atoms with Crippen molar-refractivity contribution >= 4 is 17.6 Å². The molecule has 1 saturated heterocycles. The van der Waals surface area contributed by atoms with E-state index in [1.165, 1.54) is 0 Å². The maximum atomic E-state index is 13.3. The summed E-state index contributed by atoms with van der Waals surface area (Å²) >= 11 is 0. The molecule has 2 unspecified atom stereocenters. The summed E-state index contributed by atoms with van der Waals surface area (Å²) in [5, 5.41) is 2.71. The number of nitrogens with zero attached hydrogens (tertiary/aromatic N) is 1. The summed E-state index contributed by atoms with van der Waals surface area (Å²) in [7, 11) is 0. The fraction of sp³-hybridized carbons (Fsp3) is 0.375. The average Bonchev–Trinajstić information content (AvgIpc) is 3.11. The highest BCUT2D eigenvalue weighted by Crippen LogP contribution is 2.31. The number of quaternary nitrogens is 1. The van der Waals surface area contributed by atoms with E-state index in [1.807, 2.05) is 67.6 Å². The molecule has 1 aliphatic rings. The van der Waals surface area contributed by atoms with Crippen LogP contribution in [0, 0.1) is 0 Å². The molecule has 29 heavy (non-hydrogen) atoms. The van der Waals surface area contributed by atoms with E-state index in [4.69, 9.17) is 0 Å². The van der Waals surface area contributed by atoms with Gasteiger partial charge in [-0.15, -0.1) is 0 Å². The Labute approximate surface area is 172 Å². The van der Waals surface area contributed by atoms with Gasteiger partial charge in [0.15, 0.2) is 6.04 Å². The zero-order chi connectivity index (χ0) is 20.7. The second-order valence-electron chi connectivity index (χ2n) is 7.72. The molecule has 2 aromatic carbocycles. The van der Waals surface area contributed by atoms with Crippen molar-refractivity contribution in [3.05, 3.63) is 71.8 Å². The molecule has 0 spiro atoms. The van der Waals surface area contributed by atoms with Crippen molar-refractivity contribution in [1.29, 1.82) is 0 Å². The van der Waals surface area contributed by atoms with E-state index in [2.05, 4.69) is 5.32 Å². The predicted octanol–water partition coefficient (Wildman–Crippen LogP) is 3.03. The van der Waals surface area contributed by atoms with Crippen LogP contribution in [0.4, 0.5) is 0 Å². The van der Waals surface area contributed by atoms with Gasteiger partial charge in [-0.1, -0.05) is 67.6 Å². The number of hydrogen-bond donors (Lipinski definition) is 1. The summed E-state index contributed by atoms with van der Waals surface area (Å²) in [5.74, 6) is -1.03. The van der Waals surface area contributed by atoms with Crippen molar-refractivity contribution in [2.24, 2.45) is 0 Å². The molecule has 2 atom stereocenters. The van der Waals surface area contributed by atoms with Gasteiger partial charge in [0, 0.05) is 24.9 Å². The predicted molar refractivity (Wildman–Crippen MR) is 112 cm³/mol. The van der Waals surface area contributed by atoms with Crippen LogP contribution in [0.1, 0.15) is 37.3 Å². The molecule has 1 aliphatic heterocycles. The summed E-state index contributed by atoms with van der Waals surface area (Å²) in [6, 6.07) is 18.7. The number of carbonyl (C=O) groups excluding carboxylic acids is 3. The lowest BCUT2D eigenvalue weighted by Crippen LogP contribution is -2.62. The Morgan fingerprint density at radius 1 is 1.00 bits per heavy atom. The Balaban J connectivity index is 1.99. The third-order valence-corrected chi connectivity index (χ3v) is 5.68. The van der Waals surface area contributed by atoms with E-state index in [0.29, 0.717) is 32.5 Å². The average molecular weight is 394 g/mol. The van der Waals surface area contributed by atoms with E-state index >= 15 is 0 Å². The zero-order valence-electron chi connectivity index (χ0n) is 17.0. The van der Waals surface area contributed by atoms with Gasteiger partial charge in [-0.25, -0.2) is 9.28 Å². The van der Waals surface area contributed by atoms with E-state index in [-0.39, 0.29) is 10.4 Å². The normalized spacial score (nSPS) is 19.7. The topological polar surface area (TPSA) is 63.2 Å². The number of likely N-dealkylation sites (tertiary alicyclic amines) is 1. The summed E-state index contributed by atoms with van der Waals surface area (Å²) in [5.41, 5.74) is 1.96. The molecule has 0 saturated carbocycles. The van der Waals surface area contributed by atoms with Crippen LogP contribution in [0.2, 0.25) is 0 Å². The Hall–Kier alpha value is -2.79. The van der Waals surface area contributed by atoms with Gasteiger partial charge in [-0.2, -0.15) is 0 Å². The van der Waals surface area contributed by atoms with E-state index in [1.54, 1.807) is 0 Å². The van der Waals surface area contributed by atoms with Gasteiger partial charge in [0.1, 0.15) is 6.54 Å². The highest BCUT2D eigenvalue weighted by Gasteiger charge is 2.52. The van der Waals surface area contributed by atoms with Crippen molar-refractivity contribution in [3.8, 4) is 0 Å².